The van der Waals surface area contributed by atoms with Crippen molar-refractivity contribution in [2.75, 3.05) is 4.90 Å². The van der Waals surface area contributed by atoms with Crippen LogP contribution >= 0.6 is 22.6 Å². The number of allylic oxidation sites excluding steroid dienone is 2. The van der Waals surface area contributed by atoms with E-state index in [9.17, 15) is 9.59 Å². The Morgan fingerprint density at radius 1 is 1.05 bits per heavy atom. The maximum absolute atomic E-state index is 12.9. The molecule has 1 aromatic carbocycles. The maximum Gasteiger partial charge on any atom is 0.238 e. The molecule has 2 amide bonds. The number of fused-ring (bicyclic) bond motifs is 1. The fourth-order valence-corrected chi connectivity index (χ4v) is 4.17. The Morgan fingerprint density at radius 3 is 2.29 bits per heavy atom. The zero-order valence-corrected chi connectivity index (χ0v) is 14.2. The number of carbonyl (C=O) groups excluding carboxylic acids is 2. The Morgan fingerprint density at radius 2 is 1.67 bits per heavy atom. The number of nitrogens with zero attached hydrogens (tertiary/aromatic N) is 1. The van der Waals surface area contributed by atoms with Crippen molar-refractivity contribution in [3.63, 3.8) is 0 Å². The molecule has 0 saturated carbocycles. The van der Waals surface area contributed by atoms with Gasteiger partial charge >= 0.3 is 0 Å². The average molecular weight is 395 g/mol. The number of alkyl halides is 1. The third-order valence-electron chi connectivity index (χ3n) is 4.56. The summed E-state index contributed by atoms with van der Waals surface area (Å²) in [6, 6.07) is 9.26. The van der Waals surface area contributed by atoms with Gasteiger partial charge in [-0.1, -0.05) is 66.8 Å². The Bertz CT molecular complexity index is 596. The molecule has 4 heteroatoms. The molecule has 3 rings (SSSR count). The minimum Gasteiger partial charge on any atom is -0.274 e. The van der Waals surface area contributed by atoms with Crippen LogP contribution in [0.1, 0.15) is 13.8 Å². The summed E-state index contributed by atoms with van der Waals surface area (Å²) in [6.45, 7) is 4.13. The molecule has 1 saturated heterocycles. The van der Waals surface area contributed by atoms with E-state index in [0.717, 1.165) is 0 Å². The van der Waals surface area contributed by atoms with E-state index in [4.69, 9.17) is 0 Å². The predicted molar refractivity (Wildman–Crippen MR) is 91.2 cm³/mol. The Balaban J connectivity index is 2.03. The molecule has 1 aliphatic heterocycles. The van der Waals surface area contributed by atoms with E-state index in [1.165, 1.54) is 4.90 Å². The number of rotatable bonds is 2. The van der Waals surface area contributed by atoms with E-state index in [0.29, 0.717) is 9.61 Å². The lowest BCUT2D eigenvalue weighted by Gasteiger charge is -2.31. The van der Waals surface area contributed by atoms with E-state index >= 15 is 0 Å². The smallest absolute Gasteiger partial charge is 0.238 e. The second kappa shape index (κ2) is 5.55. The molecule has 1 aromatic rings. The van der Waals surface area contributed by atoms with Crippen LogP contribution < -0.4 is 4.90 Å². The highest BCUT2D eigenvalue weighted by molar-refractivity contribution is 14.1. The maximum atomic E-state index is 12.9. The SMILES string of the molecule is CC(I)C1C=CC(C)C2C(=O)N(c3ccccc3)C(=O)C12. The van der Waals surface area contributed by atoms with E-state index < -0.39 is 0 Å². The fraction of sp³-hybridized carbons (Fsp3) is 0.412. The summed E-state index contributed by atoms with van der Waals surface area (Å²) in [7, 11) is 0. The van der Waals surface area contributed by atoms with Crippen LogP contribution in [0.3, 0.4) is 0 Å². The highest BCUT2D eigenvalue weighted by Crippen LogP contribution is 2.45. The molecule has 21 heavy (non-hydrogen) atoms. The molecule has 1 aliphatic carbocycles. The van der Waals surface area contributed by atoms with Gasteiger partial charge in [0.15, 0.2) is 0 Å². The lowest BCUT2D eigenvalue weighted by atomic mass is 9.71. The monoisotopic (exact) mass is 395 g/mol. The summed E-state index contributed by atoms with van der Waals surface area (Å²) >= 11 is 2.35. The van der Waals surface area contributed by atoms with Crippen molar-refractivity contribution in [1.82, 2.24) is 0 Å². The first-order chi connectivity index (χ1) is 10.0. The second-order valence-corrected chi connectivity index (χ2v) is 7.86. The number of hydrogen-bond acceptors (Lipinski definition) is 2. The Hall–Kier alpha value is -1.17. The van der Waals surface area contributed by atoms with Gasteiger partial charge in [-0.3, -0.25) is 14.5 Å². The summed E-state index contributed by atoms with van der Waals surface area (Å²) in [5.41, 5.74) is 0.689. The molecule has 5 atom stereocenters. The van der Waals surface area contributed by atoms with E-state index in [2.05, 4.69) is 41.7 Å². The molecule has 0 radical (unpaired) electrons. The largest absolute Gasteiger partial charge is 0.274 e. The number of para-hydroxylation sites is 1. The van der Waals surface area contributed by atoms with Gasteiger partial charge in [-0.2, -0.15) is 0 Å². The summed E-state index contributed by atoms with van der Waals surface area (Å²) in [5, 5.41) is 0. The lowest BCUT2D eigenvalue weighted by Crippen LogP contribution is -2.35. The number of halogens is 1. The van der Waals surface area contributed by atoms with Crippen molar-refractivity contribution in [3.05, 3.63) is 42.5 Å². The van der Waals surface area contributed by atoms with Crippen molar-refractivity contribution in [1.29, 1.82) is 0 Å². The van der Waals surface area contributed by atoms with Gasteiger partial charge in [0.25, 0.3) is 0 Å². The van der Waals surface area contributed by atoms with Crippen LogP contribution in [0.25, 0.3) is 0 Å². The molecule has 0 bridgehead atoms. The highest BCUT2D eigenvalue weighted by Gasteiger charge is 2.54. The lowest BCUT2D eigenvalue weighted by molar-refractivity contribution is -0.122. The van der Waals surface area contributed by atoms with Crippen LogP contribution in [0.2, 0.25) is 0 Å². The molecular weight excluding hydrogens is 377 g/mol. The highest BCUT2D eigenvalue weighted by atomic mass is 127. The van der Waals surface area contributed by atoms with Gasteiger partial charge < -0.3 is 0 Å². The van der Waals surface area contributed by atoms with Gasteiger partial charge in [0.2, 0.25) is 11.8 Å². The molecule has 110 valence electrons. The first-order valence-corrected chi connectivity index (χ1v) is 8.52. The van der Waals surface area contributed by atoms with Crippen LogP contribution in [-0.2, 0) is 9.59 Å². The standard InChI is InChI=1S/C17H18INO2/c1-10-8-9-13(11(2)18)15-14(10)16(20)19(17(15)21)12-6-4-3-5-7-12/h3-11,13-15H,1-2H3. The van der Waals surface area contributed by atoms with Gasteiger partial charge in [-0.25, -0.2) is 0 Å². The molecule has 0 aromatic heterocycles. The normalized spacial score (nSPS) is 33.2. The molecule has 0 N–H and O–H groups in total. The molecule has 2 aliphatic rings. The van der Waals surface area contributed by atoms with Crippen LogP contribution in [0.5, 0.6) is 0 Å². The number of amides is 2. The number of hydrogen-bond donors (Lipinski definition) is 0. The first kappa shape index (κ1) is 14.8. The van der Waals surface area contributed by atoms with Gasteiger partial charge in [0.05, 0.1) is 17.5 Å². The quantitative estimate of drug-likeness (QED) is 0.333. The topological polar surface area (TPSA) is 37.4 Å². The fourth-order valence-electron chi connectivity index (χ4n) is 3.48. The Labute approximate surface area is 138 Å². The summed E-state index contributed by atoms with van der Waals surface area (Å²) in [5.74, 6) is -0.269. The summed E-state index contributed by atoms with van der Waals surface area (Å²) in [6.07, 6.45) is 4.23. The van der Waals surface area contributed by atoms with Gasteiger partial charge in [-0.05, 0) is 18.1 Å². The van der Waals surface area contributed by atoms with Crippen LogP contribution in [0, 0.1) is 23.7 Å². The molecule has 3 nitrogen and oxygen atoms in total. The summed E-state index contributed by atoms with van der Waals surface area (Å²) < 4.78 is 0.325. The zero-order valence-electron chi connectivity index (χ0n) is 12.1. The second-order valence-electron chi connectivity index (χ2n) is 5.90. The van der Waals surface area contributed by atoms with Crippen LogP contribution in [0.4, 0.5) is 5.69 Å². The van der Waals surface area contributed by atoms with Crippen molar-refractivity contribution < 1.29 is 9.59 Å². The van der Waals surface area contributed by atoms with Gasteiger partial charge in [0.1, 0.15) is 0 Å². The predicted octanol–water partition coefficient (Wildman–Crippen LogP) is 3.44. The van der Waals surface area contributed by atoms with Crippen LogP contribution in [-0.4, -0.2) is 15.7 Å². The van der Waals surface area contributed by atoms with Gasteiger partial charge in [0, 0.05) is 9.84 Å². The van der Waals surface area contributed by atoms with E-state index in [1.54, 1.807) is 0 Å². The number of benzene rings is 1. The van der Waals surface area contributed by atoms with E-state index in [1.807, 2.05) is 37.3 Å². The minimum absolute atomic E-state index is 0.0408. The first-order valence-electron chi connectivity index (χ1n) is 7.27. The number of imide groups is 1. The van der Waals surface area contributed by atoms with Crippen molar-refractivity contribution >= 4 is 40.1 Å². The molecular formula is C17H18INO2. The van der Waals surface area contributed by atoms with Crippen molar-refractivity contribution in [2.24, 2.45) is 23.7 Å². The van der Waals surface area contributed by atoms with Crippen LogP contribution in [0.15, 0.2) is 42.5 Å². The number of carbonyl (C=O) groups is 2. The third-order valence-corrected chi connectivity index (χ3v) is 5.39. The molecule has 1 heterocycles. The third kappa shape index (κ3) is 2.33. The van der Waals surface area contributed by atoms with Crippen molar-refractivity contribution in [3.8, 4) is 0 Å². The number of anilines is 1. The summed E-state index contributed by atoms with van der Waals surface area (Å²) in [4.78, 5) is 27.1. The molecule has 1 fully saturated rings. The Kier molecular flexibility index (Phi) is 3.90. The van der Waals surface area contributed by atoms with Crippen molar-refractivity contribution in [2.45, 2.75) is 17.8 Å². The average Bonchev–Trinajstić information content (AvgIpc) is 2.73. The minimum atomic E-state index is -0.218. The molecule has 0 spiro atoms. The van der Waals surface area contributed by atoms with E-state index in [-0.39, 0.29) is 35.5 Å². The zero-order chi connectivity index (χ0) is 15.1. The molecule has 5 unspecified atom stereocenters. The van der Waals surface area contributed by atoms with Gasteiger partial charge in [-0.15, -0.1) is 0 Å².